The van der Waals surface area contributed by atoms with Crippen LogP contribution in [0.1, 0.15) is 32.6 Å². The van der Waals surface area contributed by atoms with Gasteiger partial charge in [0.2, 0.25) is 0 Å². The Labute approximate surface area is 90.2 Å². The Balaban J connectivity index is 2.18. The first-order chi connectivity index (χ1) is 7.20. The maximum atomic E-state index is 11.4. The highest BCUT2D eigenvalue weighted by Gasteiger charge is 2.49. The summed E-state index contributed by atoms with van der Waals surface area (Å²) < 4.78 is 5.35. The zero-order chi connectivity index (χ0) is 10.9. The molecule has 0 spiro atoms. The molecule has 0 amide bonds. The second kappa shape index (κ2) is 4.10. The van der Waals surface area contributed by atoms with Crippen LogP contribution in [-0.2, 0) is 9.53 Å². The number of hydrogen-bond acceptors (Lipinski definition) is 3. The highest BCUT2D eigenvalue weighted by molar-refractivity contribution is 5.79. The van der Waals surface area contributed by atoms with Gasteiger partial charge in [-0.25, -0.2) is 0 Å². The Morgan fingerprint density at radius 3 is 3.00 bits per heavy atom. The number of ether oxygens (including phenoxy) is 1. The maximum absolute atomic E-state index is 11.4. The van der Waals surface area contributed by atoms with Crippen LogP contribution in [0.3, 0.4) is 0 Å². The first-order valence-corrected chi connectivity index (χ1v) is 5.78. The van der Waals surface area contributed by atoms with Crippen LogP contribution in [0, 0.1) is 0 Å². The number of nitrogens with zero attached hydrogens (tertiary/aromatic N) is 1. The third kappa shape index (κ3) is 1.66. The number of aliphatic carboxylic acids is 1. The molecule has 2 aliphatic rings. The van der Waals surface area contributed by atoms with Crippen molar-refractivity contribution in [1.29, 1.82) is 0 Å². The summed E-state index contributed by atoms with van der Waals surface area (Å²) in [5.41, 5.74) is -0.613. The zero-order valence-corrected chi connectivity index (χ0v) is 9.24. The molecule has 2 heterocycles. The number of carboxylic acids is 1. The molecule has 0 aromatic rings. The minimum atomic E-state index is -0.658. The summed E-state index contributed by atoms with van der Waals surface area (Å²) in [5.74, 6) is -0.658. The molecule has 86 valence electrons. The Kier molecular flexibility index (Phi) is 2.98. The van der Waals surface area contributed by atoms with Crippen molar-refractivity contribution >= 4 is 5.97 Å². The first kappa shape index (κ1) is 10.9. The Hall–Kier alpha value is -0.610. The van der Waals surface area contributed by atoms with E-state index in [1.165, 1.54) is 0 Å². The molecular weight excluding hydrogens is 194 g/mol. The van der Waals surface area contributed by atoms with E-state index >= 15 is 0 Å². The standard InChI is InChI=1S/C11H19NO3/c1-2-11(10(13)14)5-3-6-12(11)9-4-7-15-8-9/h9H,2-8H2,1H3,(H,13,14). The SMILES string of the molecule is CCC1(C(=O)O)CCCN1C1CCOC1. The Bertz CT molecular complexity index is 250. The van der Waals surface area contributed by atoms with Crippen LogP contribution in [-0.4, -0.2) is 47.3 Å². The van der Waals surface area contributed by atoms with Crippen molar-refractivity contribution in [3.05, 3.63) is 0 Å². The van der Waals surface area contributed by atoms with Gasteiger partial charge in [0, 0.05) is 12.6 Å². The van der Waals surface area contributed by atoms with Gasteiger partial charge in [0.1, 0.15) is 5.54 Å². The fourth-order valence-electron chi connectivity index (χ4n) is 2.96. The van der Waals surface area contributed by atoms with Crippen LogP contribution in [0.25, 0.3) is 0 Å². The third-order valence-corrected chi connectivity index (χ3v) is 3.87. The van der Waals surface area contributed by atoms with Crippen LogP contribution in [0.5, 0.6) is 0 Å². The fraction of sp³-hybridized carbons (Fsp3) is 0.909. The Morgan fingerprint density at radius 2 is 2.47 bits per heavy atom. The van der Waals surface area contributed by atoms with E-state index in [0.29, 0.717) is 19.1 Å². The molecule has 15 heavy (non-hydrogen) atoms. The van der Waals surface area contributed by atoms with Crippen molar-refractivity contribution in [3.63, 3.8) is 0 Å². The summed E-state index contributed by atoms with van der Waals surface area (Å²) in [4.78, 5) is 13.6. The number of likely N-dealkylation sites (tertiary alicyclic amines) is 1. The van der Waals surface area contributed by atoms with Crippen LogP contribution < -0.4 is 0 Å². The monoisotopic (exact) mass is 213 g/mol. The lowest BCUT2D eigenvalue weighted by atomic mass is 9.91. The van der Waals surface area contributed by atoms with E-state index < -0.39 is 11.5 Å². The minimum absolute atomic E-state index is 0.323. The number of carboxylic acid groups (broad SMARTS) is 1. The van der Waals surface area contributed by atoms with Gasteiger partial charge in [-0.1, -0.05) is 6.92 Å². The zero-order valence-electron chi connectivity index (χ0n) is 9.24. The molecule has 2 atom stereocenters. The fourth-order valence-corrected chi connectivity index (χ4v) is 2.96. The van der Waals surface area contributed by atoms with E-state index in [4.69, 9.17) is 4.74 Å². The normalized spacial score (nSPS) is 37.3. The van der Waals surface area contributed by atoms with Crippen molar-refractivity contribution in [2.75, 3.05) is 19.8 Å². The van der Waals surface area contributed by atoms with Crippen molar-refractivity contribution < 1.29 is 14.6 Å². The summed E-state index contributed by atoms with van der Waals surface area (Å²) in [7, 11) is 0. The predicted octanol–water partition coefficient (Wildman–Crippen LogP) is 1.10. The van der Waals surface area contributed by atoms with E-state index in [-0.39, 0.29) is 0 Å². The van der Waals surface area contributed by atoms with Crippen LogP contribution in [0.15, 0.2) is 0 Å². The van der Waals surface area contributed by atoms with Gasteiger partial charge in [0.05, 0.1) is 6.61 Å². The molecule has 2 saturated heterocycles. The van der Waals surface area contributed by atoms with Gasteiger partial charge in [-0.2, -0.15) is 0 Å². The molecule has 2 unspecified atom stereocenters. The van der Waals surface area contributed by atoms with E-state index in [9.17, 15) is 9.90 Å². The topological polar surface area (TPSA) is 49.8 Å². The van der Waals surface area contributed by atoms with E-state index in [0.717, 1.165) is 32.4 Å². The molecule has 0 radical (unpaired) electrons. The van der Waals surface area contributed by atoms with Gasteiger partial charge in [-0.3, -0.25) is 9.69 Å². The van der Waals surface area contributed by atoms with Crippen LogP contribution in [0.2, 0.25) is 0 Å². The lowest BCUT2D eigenvalue weighted by Gasteiger charge is -2.37. The molecule has 1 N–H and O–H groups in total. The highest BCUT2D eigenvalue weighted by atomic mass is 16.5. The second-order valence-electron chi connectivity index (χ2n) is 4.50. The molecule has 0 bridgehead atoms. The molecule has 2 fully saturated rings. The summed E-state index contributed by atoms with van der Waals surface area (Å²) >= 11 is 0. The third-order valence-electron chi connectivity index (χ3n) is 3.87. The summed E-state index contributed by atoms with van der Waals surface area (Å²) in [5, 5.41) is 9.41. The van der Waals surface area contributed by atoms with Gasteiger partial charge in [-0.15, -0.1) is 0 Å². The minimum Gasteiger partial charge on any atom is -0.480 e. The maximum Gasteiger partial charge on any atom is 0.324 e. The molecule has 0 aromatic carbocycles. The summed E-state index contributed by atoms with van der Waals surface area (Å²) in [6.07, 6.45) is 3.46. The molecule has 0 saturated carbocycles. The van der Waals surface area contributed by atoms with Crippen LogP contribution in [0.4, 0.5) is 0 Å². The van der Waals surface area contributed by atoms with Crippen LogP contribution >= 0.6 is 0 Å². The molecule has 0 aliphatic carbocycles. The average molecular weight is 213 g/mol. The van der Waals surface area contributed by atoms with Crippen molar-refractivity contribution in [3.8, 4) is 0 Å². The largest absolute Gasteiger partial charge is 0.480 e. The summed E-state index contributed by atoms with van der Waals surface area (Å²) in [6.45, 7) is 4.37. The van der Waals surface area contributed by atoms with Gasteiger partial charge < -0.3 is 9.84 Å². The van der Waals surface area contributed by atoms with Crippen molar-refractivity contribution in [2.45, 2.75) is 44.2 Å². The van der Waals surface area contributed by atoms with E-state index in [2.05, 4.69) is 4.90 Å². The molecule has 2 rings (SSSR count). The highest BCUT2D eigenvalue weighted by Crippen LogP contribution is 2.36. The lowest BCUT2D eigenvalue weighted by Crippen LogP contribution is -2.54. The predicted molar refractivity (Wildman–Crippen MR) is 55.8 cm³/mol. The van der Waals surface area contributed by atoms with E-state index in [1.807, 2.05) is 6.92 Å². The average Bonchev–Trinajstić information content (AvgIpc) is 2.86. The smallest absolute Gasteiger partial charge is 0.324 e. The lowest BCUT2D eigenvalue weighted by molar-refractivity contribution is -0.151. The van der Waals surface area contributed by atoms with Gasteiger partial charge in [-0.05, 0) is 32.2 Å². The molecule has 4 heteroatoms. The quantitative estimate of drug-likeness (QED) is 0.763. The second-order valence-corrected chi connectivity index (χ2v) is 4.50. The number of carbonyl (C=O) groups is 1. The van der Waals surface area contributed by atoms with Crippen molar-refractivity contribution in [1.82, 2.24) is 4.90 Å². The summed E-state index contributed by atoms with van der Waals surface area (Å²) in [6, 6.07) is 0.323. The van der Waals surface area contributed by atoms with Gasteiger partial charge in [0.25, 0.3) is 0 Å². The number of rotatable bonds is 3. The molecule has 2 aliphatic heterocycles. The number of hydrogen-bond donors (Lipinski definition) is 1. The molecule has 4 nitrogen and oxygen atoms in total. The van der Waals surface area contributed by atoms with E-state index in [1.54, 1.807) is 0 Å². The van der Waals surface area contributed by atoms with Gasteiger partial charge in [0.15, 0.2) is 0 Å². The molecule has 0 aromatic heterocycles. The van der Waals surface area contributed by atoms with Gasteiger partial charge >= 0.3 is 5.97 Å². The Morgan fingerprint density at radius 1 is 1.67 bits per heavy atom. The first-order valence-electron chi connectivity index (χ1n) is 5.78. The van der Waals surface area contributed by atoms with Crippen molar-refractivity contribution in [2.24, 2.45) is 0 Å². The molecular formula is C11H19NO3.